The Hall–Kier alpha value is -3.12. The highest BCUT2D eigenvalue weighted by Gasteiger charge is 2.24. The van der Waals surface area contributed by atoms with Crippen molar-refractivity contribution in [3.63, 3.8) is 0 Å². The standard InChI is InChI=1S/C22H17FN2O2S/c1-2-14-3-9-17(10-4-14)24-22-25-21(26)20(28-22)13-18-11-12-19(27-18)15-5-7-16(23)8-6-15/h3-13H,2H2,1H3,(H,24,25,26)/b20-13-. The van der Waals surface area contributed by atoms with E-state index < -0.39 is 0 Å². The summed E-state index contributed by atoms with van der Waals surface area (Å²) in [5.74, 6) is 0.646. The van der Waals surface area contributed by atoms with Crippen LogP contribution in [-0.2, 0) is 11.2 Å². The Morgan fingerprint density at radius 1 is 1.07 bits per heavy atom. The summed E-state index contributed by atoms with van der Waals surface area (Å²) in [6.45, 7) is 2.10. The molecule has 0 spiro atoms. The van der Waals surface area contributed by atoms with Crippen LogP contribution in [-0.4, -0.2) is 11.1 Å². The number of rotatable bonds is 4. The first-order chi connectivity index (χ1) is 13.6. The first-order valence-electron chi connectivity index (χ1n) is 8.85. The molecule has 0 aliphatic carbocycles. The van der Waals surface area contributed by atoms with Gasteiger partial charge in [-0.25, -0.2) is 9.38 Å². The van der Waals surface area contributed by atoms with Crippen molar-refractivity contribution in [2.45, 2.75) is 13.3 Å². The number of aryl methyl sites for hydroxylation is 1. The van der Waals surface area contributed by atoms with E-state index in [9.17, 15) is 9.18 Å². The molecule has 1 aromatic heterocycles. The van der Waals surface area contributed by atoms with Gasteiger partial charge in [-0.15, -0.1) is 0 Å². The molecule has 140 valence electrons. The highest BCUT2D eigenvalue weighted by molar-refractivity contribution is 8.18. The first kappa shape index (κ1) is 18.3. The molecule has 0 saturated carbocycles. The van der Waals surface area contributed by atoms with Crippen molar-refractivity contribution in [1.82, 2.24) is 5.32 Å². The lowest BCUT2D eigenvalue weighted by Gasteiger charge is -1.98. The summed E-state index contributed by atoms with van der Waals surface area (Å²) < 4.78 is 18.8. The van der Waals surface area contributed by atoms with Gasteiger partial charge in [-0.3, -0.25) is 4.79 Å². The molecule has 0 atom stereocenters. The van der Waals surface area contributed by atoms with Gasteiger partial charge in [-0.05, 0) is 72.3 Å². The molecule has 4 nitrogen and oxygen atoms in total. The average molecular weight is 392 g/mol. The number of aliphatic imine (C=N–C) groups is 1. The fraction of sp³-hybridized carbons (Fsp3) is 0.0909. The maximum absolute atomic E-state index is 13.1. The summed E-state index contributed by atoms with van der Waals surface area (Å²) in [5, 5.41) is 3.30. The van der Waals surface area contributed by atoms with Crippen LogP contribution in [0.25, 0.3) is 17.4 Å². The Kier molecular flexibility index (Phi) is 5.12. The van der Waals surface area contributed by atoms with Crippen LogP contribution in [0.2, 0.25) is 0 Å². The molecule has 2 aromatic carbocycles. The maximum atomic E-state index is 13.1. The van der Waals surface area contributed by atoms with Gasteiger partial charge in [0.25, 0.3) is 5.91 Å². The number of carbonyl (C=O) groups excluding carboxylic acids is 1. The van der Waals surface area contributed by atoms with Gasteiger partial charge < -0.3 is 9.73 Å². The molecule has 1 aliphatic rings. The summed E-state index contributed by atoms with van der Waals surface area (Å²) in [7, 11) is 0. The molecule has 0 radical (unpaired) electrons. The fourth-order valence-corrected chi connectivity index (χ4v) is 3.55. The first-order valence-corrected chi connectivity index (χ1v) is 9.66. The molecule has 4 rings (SSSR count). The molecular formula is C22H17FN2O2S. The zero-order valence-electron chi connectivity index (χ0n) is 15.1. The van der Waals surface area contributed by atoms with Crippen molar-refractivity contribution in [3.05, 3.63) is 82.7 Å². The van der Waals surface area contributed by atoms with E-state index in [4.69, 9.17) is 4.42 Å². The Balaban J connectivity index is 1.51. The van der Waals surface area contributed by atoms with Crippen molar-refractivity contribution in [1.29, 1.82) is 0 Å². The Bertz CT molecular complexity index is 1070. The lowest BCUT2D eigenvalue weighted by molar-refractivity contribution is -0.115. The number of nitrogens with one attached hydrogen (secondary N) is 1. The molecule has 2 heterocycles. The van der Waals surface area contributed by atoms with E-state index >= 15 is 0 Å². The molecular weight excluding hydrogens is 375 g/mol. The molecule has 28 heavy (non-hydrogen) atoms. The van der Waals surface area contributed by atoms with Gasteiger partial charge in [0.2, 0.25) is 0 Å². The minimum Gasteiger partial charge on any atom is -0.457 e. The molecule has 1 saturated heterocycles. The summed E-state index contributed by atoms with van der Waals surface area (Å²) in [6, 6.07) is 17.5. The van der Waals surface area contributed by atoms with E-state index in [1.807, 2.05) is 24.3 Å². The van der Waals surface area contributed by atoms with Crippen LogP contribution in [0.4, 0.5) is 10.1 Å². The van der Waals surface area contributed by atoms with E-state index in [0.717, 1.165) is 17.7 Å². The summed E-state index contributed by atoms with van der Waals surface area (Å²) in [4.78, 5) is 17.2. The third-order valence-electron chi connectivity index (χ3n) is 4.25. The van der Waals surface area contributed by atoms with E-state index in [-0.39, 0.29) is 11.7 Å². The summed E-state index contributed by atoms with van der Waals surface area (Å²) in [6.07, 6.45) is 2.65. The number of nitrogens with zero attached hydrogens (tertiary/aromatic N) is 1. The van der Waals surface area contributed by atoms with Crippen LogP contribution in [0.3, 0.4) is 0 Å². The second kappa shape index (κ2) is 7.86. The molecule has 0 unspecified atom stereocenters. The van der Waals surface area contributed by atoms with Gasteiger partial charge in [0, 0.05) is 11.6 Å². The quantitative estimate of drug-likeness (QED) is 0.593. The predicted molar refractivity (Wildman–Crippen MR) is 111 cm³/mol. The molecule has 0 bridgehead atoms. The maximum Gasteiger partial charge on any atom is 0.264 e. The number of hydrogen-bond acceptors (Lipinski definition) is 4. The van der Waals surface area contributed by atoms with Gasteiger partial charge in [0.15, 0.2) is 5.17 Å². The van der Waals surface area contributed by atoms with Crippen LogP contribution in [0.1, 0.15) is 18.2 Å². The molecule has 3 aromatic rings. The average Bonchev–Trinajstić information content (AvgIpc) is 3.30. The zero-order chi connectivity index (χ0) is 19.5. The van der Waals surface area contributed by atoms with Crippen LogP contribution in [0.5, 0.6) is 0 Å². The number of benzene rings is 2. The normalized spacial score (nSPS) is 16.7. The number of halogens is 1. The van der Waals surface area contributed by atoms with Crippen molar-refractivity contribution in [2.75, 3.05) is 0 Å². The third kappa shape index (κ3) is 4.07. The lowest BCUT2D eigenvalue weighted by Crippen LogP contribution is -2.19. The monoisotopic (exact) mass is 392 g/mol. The topological polar surface area (TPSA) is 54.6 Å². The van der Waals surface area contributed by atoms with Crippen LogP contribution in [0, 0.1) is 5.82 Å². The Morgan fingerprint density at radius 2 is 1.82 bits per heavy atom. The van der Waals surface area contributed by atoms with E-state index in [1.54, 1.807) is 30.3 Å². The van der Waals surface area contributed by atoms with Gasteiger partial charge in [-0.1, -0.05) is 19.1 Å². The minimum absolute atomic E-state index is 0.214. The van der Waals surface area contributed by atoms with Gasteiger partial charge in [0.1, 0.15) is 17.3 Å². The Labute approximate surface area is 166 Å². The molecule has 1 aliphatic heterocycles. The van der Waals surface area contributed by atoms with Crippen molar-refractivity contribution < 1.29 is 13.6 Å². The summed E-state index contributed by atoms with van der Waals surface area (Å²) in [5.41, 5.74) is 2.80. The second-order valence-electron chi connectivity index (χ2n) is 6.21. The zero-order valence-corrected chi connectivity index (χ0v) is 15.9. The smallest absolute Gasteiger partial charge is 0.264 e. The molecule has 1 fully saturated rings. The number of amides is 1. The second-order valence-corrected chi connectivity index (χ2v) is 7.24. The van der Waals surface area contributed by atoms with Crippen LogP contribution >= 0.6 is 11.8 Å². The highest BCUT2D eigenvalue weighted by atomic mass is 32.2. The highest BCUT2D eigenvalue weighted by Crippen LogP contribution is 2.30. The van der Waals surface area contributed by atoms with Gasteiger partial charge >= 0.3 is 0 Å². The Morgan fingerprint density at radius 3 is 2.54 bits per heavy atom. The fourth-order valence-electron chi connectivity index (χ4n) is 2.73. The number of thioether (sulfide) groups is 1. The van der Waals surface area contributed by atoms with Crippen molar-refractivity contribution >= 4 is 34.6 Å². The third-order valence-corrected chi connectivity index (χ3v) is 5.16. The van der Waals surface area contributed by atoms with Crippen LogP contribution in [0.15, 0.2) is 75.0 Å². The van der Waals surface area contributed by atoms with Crippen molar-refractivity contribution in [3.8, 4) is 11.3 Å². The van der Waals surface area contributed by atoms with Crippen LogP contribution < -0.4 is 5.32 Å². The number of furan rings is 1. The predicted octanol–water partition coefficient (Wildman–Crippen LogP) is 5.54. The molecule has 6 heteroatoms. The lowest BCUT2D eigenvalue weighted by atomic mass is 10.2. The van der Waals surface area contributed by atoms with E-state index in [2.05, 4.69) is 17.2 Å². The van der Waals surface area contributed by atoms with E-state index in [1.165, 1.54) is 29.5 Å². The minimum atomic E-state index is -0.298. The molecule has 1 amide bonds. The molecule has 1 N–H and O–H groups in total. The van der Waals surface area contributed by atoms with E-state index in [0.29, 0.717) is 21.6 Å². The largest absolute Gasteiger partial charge is 0.457 e. The number of hydrogen-bond donors (Lipinski definition) is 1. The van der Waals surface area contributed by atoms with Crippen molar-refractivity contribution in [2.24, 2.45) is 4.99 Å². The number of amidine groups is 1. The van der Waals surface area contributed by atoms with Gasteiger partial charge in [0.05, 0.1) is 10.6 Å². The van der Waals surface area contributed by atoms with Gasteiger partial charge in [-0.2, -0.15) is 0 Å². The SMILES string of the molecule is CCc1ccc(N=C2NC(=O)/C(=C/c3ccc(-c4ccc(F)cc4)o3)S2)cc1. The summed E-state index contributed by atoms with van der Waals surface area (Å²) >= 11 is 1.27. The number of carbonyl (C=O) groups is 1.